The van der Waals surface area contributed by atoms with Gasteiger partial charge in [0, 0.05) is 35.3 Å². The number of fused-ring (bicyclic) bond motifs is 1. The zero-order valence-corrected chi connectivity index (χ0v) is 12.7. The molecule has 2 aliphatic heterocycles. The summed E-state index contributed by atoms with van der Waals surface area (Å²) in [5, 5.41) is 2.25. The normalized spacial score (nSPS) is 33.3. The van der Waals surface area contributed by atoms with Gasteiger partial charge in [-0.3, -0.25) is 4.90 Å². The second-order valence-electron chi connectivity index (χ2n) is 5.50. The molecule has 2 aliphatic rings. The number of hydrogen-bond acceptors (Lipinski definition) is 4. The summed E-state index contributed by atoms with van der Waals surface area (Å²) in [4.78, 5) is 4.29. The van der Waals surface area contributed by atoms with Gasteiger partial charge in [0.05, 0.1) is 0 Å². The number of rotatable bonds is 2. The van der Waals surface area contributed by atoms with Crippen LogP contribution < -0.4 is 5.73 Å². The van der Waals surface area contributed by atoms with Gasteiger partial charge in [-0.25, -0.2) is 0 Å². The minimum absolute atomic E-state index is 0.252. The van der Waals surface area contributed by atoms with E-state index in [0.29, 0.717) is 6.04 Å². The Hall–Kier alpha value is -0.0300. The summed E-state index contributed by atoms with van der Waals surface area (Å²) in [6.07, 6.45) is 3.81. The fraction of sp³-hybridized carbons (Fsp3) is 0.714. The molecule has 0 spiro atoms. The average Bonchev–Trinajstić information content (AvgIpc) is 2.89. The third-order valence-electron chi connectivity index (χ3n) is 4.57. The Kier molecular flexibility index (Phi) is 3.72. The van der Waals surface area contributed by atoms with E-state index in [1.807, 2.05) is 11.3 Å². The summed E-state index contributed by atoms with van der Waals surface area (Å²) in [6, 6.07) is 2.86. The predicted octanol–water partition coefficient (Wildman–Crippen LogP) is 2.89. The second-order valence-corrected chi connectivity index (χ2v) is 7.61. The maximum Gasteiger partial charge on any atom is 0.0428 e. The fourth-order valence-electron chi connectivity index (χ4n) is 3.50. The van der Waals surface area contributed by atoms with Gasteiger partial charge in [-0.05, 0) is 48.9 Å². The van der Waals surface area contributed by atoms with E-state index in [2.05, 4.69) is 35.0 Å². The van der Waals surface area contributed by atoms with E-state index >= 15 is 0 Å². The van der Waals surface area contributed by atoms with Crippen molar-refractivity contribution in [2.24, 2.45) is 5.73 Å². The van der Waals surface area contributed by atoms with Gasteiger partial charge in [-0.1, -0.05) is 0 Å². The maximum absolute atomic E-state index is 6.17. The van der Waals surface area contributed by atoms with Crippen LogP contribution in [0.2, 0.25) is 0 Å². The summed E-state index contributed by atoms with van der Waals surface area (Å²) in [5.74, 6) is 2.53. The number of thioether (sulfide) groups is 1. The van der Waals surface area contributed by atoms with Crippen molar-refractivity contribution in [2.45, 2.75) is 37.8 Å². The molecule has 2 nitrogen and oxygen atoms in total. The van der Waals surface area contributed by atoms with E-state index in [9.17, 15) is 0 Å². The molecule has 0 bridgehead atoms. The maximum atomic E-state index is 6.17. The van der Waals surface area contributed by atoms with Gasteiger partial charge in [0.1, 0.15) is 0 Å². The summed E-state index contributed by atoms with van der Waals surface area (Å²) in [7, 11) is 0. The molecule has 2 N–H and O–H groups in total. The molecule has 1 aromatic heterocycles. The van der Waals surface area contributed by atoms with Crippen molar-refractivity contribution in [2.75, 3.05) is 24.6 Å². The van der Waals surface area contributed by atoms with E-state index in [0.717, 1.165) is 6.54 Å². The first-order valence-electron chi connectivity index (χ1n) is 6.88. The molecular weight excluding hydrogens is 260 g/mol. The highest BCUT2D eigenvalue weighted by molar-refractivity contribution is 7.99. The summed E-state index contributed by atoms with van der Waals surface area (Å²) < 4.78 is 0. The monoisotopic (exact) mass is 282 g/mol. The minimum Gasteiger partial charge on any atom is -0.329 e. The third kappa shape index (κ3) is 2.03. The number of nitrogens with two attached hydrogens (primary N) is 1. The molecule has 100 valence electrons. The van der Waals surface area contributed by atoms with Crippen LogP contribution in [0.3, 0.4) is 0 Å². The van der Waals surface area contributed by atoms with Crippen molar-refractivity contribution in [3.8, 4) is 0 Å². The van der Waals surface area contributed by atoms with Crippen molar-refractivity contribution in [1.82, 2.24) is 4.90 Å². The van der Waals surface area contributed by atoms with Gasteiger partial charge >= 0.3 is 0 Å². The van der Waals surface area contributed by atoms with Crippen LogP contribution in [0.25, 0.3) is 0 Å². The number of thiophene rings is 1. The first-order valence-corrected chi connectivity index (χ1v) is 8.91. The van der Waals surface area contributed by atoms with Gasteiger partial charge < -0.3 is 5.73 Å². The SMILES string of the molecule is CC1c2ccsc2CCN1C1(CN)CCCSC1. The Morgan fingerprint density at radius 1 is 1.56 bits per heavy atom. The first-order chi connectivity index (χ1) is 8.77. The largest absolute Gasteiger partial charge is 0.329 e. The van der Waals surface area contributed by atoms with Crippen molar-refractivity contribution in [3.63, 3.8) is 0 Å². The lowest BCUT2D eigenvalue weighted by Crippen LogP contribution is -2.59. The van der Waals surface area contributed by atoms with Gasteiger partial charge in [-0.15, -0.1) is 11.3 Å². The van der Waals surface area contributed by atoms with Crippen LogP contribution in [0.1, 0.15) is 36.2 Å². The van der Waals surface area contributed by atoms with E-state index in [-0.39, 0.29) is 5.54 Å². The third-order valence-corrected chi connectivity index (χ3v) is 6.88. The van der Waals surface area contributed by atoms with Crippen molar-refractivity contribution in [3.05, 3.63) is 21.9 Å². The molecule has 2 atom stereocenters. The topological polar surface area (TPSA) is 29.3 Å². The zero-order chi connectivity index (χ0) is 12.6. The lowest BCUT2D eigenvalue weighted by molar-refractivity contribution is 0.0557. The summed E-state index contributed by atoms with van der Waals surface area (Å²) in [6.45, 7) is 4.36. The Morgan fingerprint density at radius 3 is 3.17 bits per heavy atom. The fourth-order valence-corrected chi connectivity index (χ4v) is 5.76. The zero-order valence-electron chi connectivity index (χ0n) is 11.0. The molecule has 3 heterocycles. The Labute approximate surface area is 118 Å². The smallest absolute Gasteiger partial charge is 0.0428 e. The van der Waals surface area contributed by atoms with Crippen LogP contribution in [-0.2, 0) is 6.42 Å². The second kappa shape index (κ2) is 5.16. The van der Waals surface area contributed by atoms with Crippen LogP contribution >= 0.6 is 23.1 Å². The first kappa shape index (κ1) is 13.0. The molecule has 3 rings (SSSR count). The number of nitrogens with zero attached hydrogens (tertiary/aromatic N) is 1. The highest BCUT2D eigenvalue weighted by Crippen LogP contribution is 2.41. The van der Waals surface area contributed by atoms with Gasteiger partial charge in [0.2, 0.25) is 0 Å². The van der Waals surface area contributed by atoms with E-state index in [1.54, 1.807) is 10.4 Å². The molecule has 0 aromatic carbocycles. The molecule has 0 saturated carbocycles. The van der Waals surface area contributed by atoms with E-state index in [4.69, 9.17) is 5.73 Å². The molecule has 2 unspecified atom stereocenters. The van der Waals surface area contributed by atoms with Crippen LogP contribution in [0.5, 0.6) is 0 Å². The molecule has 0 amide bonds. The Balaban J connectivity index is 1.88. The molecule has 18 heavy (non-hydrogen) atoms. The lowest BCUT2D eigenvalue weighted by atomic mass is 9.87. The van der Waals surface area contributed by atoms with Crippen LogP contribution in [0, 0.1) is 0 Å². The van der Waals surface area contributed by atoms with E-state index in [1.165, 1.54) is 37.3 Å². The Bertz CT molecular complexity index is 410. The molecular formula is C14H22N2S2. The minimum atomic E-state index is 0.252. The molecule has 4 heteroatoms. The molecule has 1 fully saturated rings. The Morgan fingerprint density at radius 2 is 2.44 bits per heavy atom. The number of hydrogen-bond donors (Lipinski definition) is 1. The van der Waals surface area contributed by atoms with Gasteiger partial charge in [0.25, 0.3) is 0 Å². The average molecular weight is 282 g/mol. The highest BCUT2D eigenvalue weighted by atomic mass is 32.2. The van der Waals surface area contributed by atoms with Crippen molar-refractivity contribution < 1.29 is 0 Å². The summed E-state index contributed by atoms with van der Waals surface area (Å²) in [5.41, 5.74) is 7.98. The highest BCUT2D eigenvalue weighted by Gasteiger charge is 2.41. The van der Waals surface area contributed by atoms with Crippen LogP contribution in [0.4, 0.5) is 0 Å². The molecule has 1 aromatic rings. The van der Waals surface area contributed by atoms with Crippen LogP contribution in [-0.4, -0.2) is 35.0 Å². The predicted molar refractivity (Wildman–Crippen MR) is 81.5 cm³/mol. The van der Waals surface area contributed by atoms with Crippen molar-refractivity contribution >= 4 is 23.1 Å². The molecule has 1 saturated heterocycles. The molecule has 0 aliphatic carbocycles. The molecule has 0 radical (unpaired) electrons. The standard InChI is InChI=1S/C14H22N2S2/c1-11-12-4-8-18-13(12)3-6-16(11)14(9-15)5-2-7-17-10-14/h4,8,11H,2-3,5-7,9-10,15H2,1H3. The quantitative estimate of drug-likeness (QED) is 0.904. The van der Waals surface area contributed by atoms with E-state index < -0.39 is 0 Å². The van der Waals surface area contributed by atoms with Crippen molar-refractivity contribution in [1.29, 1.82) is 0 Å². The van der Waals surface area contributed by atoms with Crippen LogP contribution in [0.15, 0.2) is 11.4 Å². The van der Waals surface area contributed by atoms with Gasteiger partial charge in [-0.2, -0.15) is 11.8 Å². The summed E-state index contributed by atoms with van der Waals surface area (Å²) >= 11 is 4.01. The lowest BCUT2D eigenvalue weighted by Gasteiger charge is -2.50. The van der Waals surface area contributed by atoms with Gasteiger partial charge in [0.15, 0.2) is 0 Å².